The van der Waals surface area contributed by atoms with Gasteiger partial charge in [-0.05, 0) is 29.7 Å². The number of fused-ring (bicyclic) bond motifs is 1. The van der Waals surface area contributed by atoms with E-state index in [1.807, 2.05) is 6.07 Å². The van der Waals surface area contributed by atoms with Crippen LogP contribution in [-0.2, 0) is 4.74 Å². The van der Waals surface area contributed by atoms with Crippen molar-refractivity contribution in [3.63, 3.8) is 0 Å². The standard InChI is InChI=1S/C16H22N4O3/c1-12-6-2-3-7-13(12)23-11-9-17-15-16(20(21)22)19-10-5-4-8-14(19)18-15/h4-5,8,10,12-13,17H,2-3,6-7,9,11H2,1H3. The minimum absolute atomic E-state index is 0.0355. The highest BCUT2D eigenvalue weighted by molar-refractivity contribution is 5.62. The maximum absolute atomic E-state index is 11.3. The molecule has 1 saturated carbocycles. The van der Waals surface area contributed by atoms with Crippen molar-refractivity contribution in [1.29, 1.82) is 0 Å². The van der Waals surface area contributed by atoms with Crippen molar-refractivity contribution in [1.82, 2.24) is 9.38 Å². The molecule has 2 atom stereocenters. The van der Waals surface area contributed by atoms with E-state index >= 15 is 0 Å². The number of hydrogen-bond donors (Lipinski definition) is 1. The lowest BCUT2D eigenvalue weighted by atomic mass is 9.88. The van der Waals surface area contributed by atoms with Gasteiger partial charge in [0.2, 0.25) is 11.5 Å². The predicted octanol–water partition coefficient (Wildman–Crippen LogP) is 3.25. The normalized spacial score (nSPS) is 21.4. The number of nitrogens with one attached hydrogen (secondary N) is 1. The average Bonchev–Trinajstić information content (AvgIpc) is 2.91. The van der Waals surface area contributed by atoms with Gasteiger partial charge < -0.3 is 20.2 Å². The molecule has 0 saturated heterocycles. The van der Waals surface area contributed by atoms with E-state index < -0.39 is 4.92 Å². The topological polar surface area (TPSA) is 81.7 Å². The third-order valence-corrected chi connectivity index (χ3v) is 4.44. The van der Waals surface area contributed by atoms with Crippen molar-refractivity contribution >= 4 is 17.3 Å². The molecule has 7 heteroatoms. The Hall–Kier alpha value is -2.15. The Balaban J connectivity index is 1.61. The summed E-state index contributed by atoms with van der Waals surface area (Å²) in [4.78, 5) is 15.2. The number of nitro groups is 1. The number of nitrogens with zero attached hydrogens (tertiary/aromatic N) is 3. The fraction of sp³-hybridized carbons (Fsp3) is 0.562. The Morgan fingerprint density at radius 2 is 2.26 bits per heavy atom. The molecule has 23 heavy (non-hydrogen) atoms. The molecule has 0 spiro atoms. The lowest BCUT2D eigenvalue weighted by Gasteiger charge is -2.28. The van der Waals surface area contributed by atoms with Crippen molar-refractivity contribution in [3.8, 4) is 0 Å². The number of imidazole rings is 1. The Morgan fingerprint density at radius 3 is 3.04 bits per heavy atom. The maximum Gasteiger partial charge on any atom is 0.372 e. The fourth-order valence-corrected chi connectivity index (χ4v) is 3.19. The Labute approximate surface area is 134 Å². The fourth-order valence-electron chi connectivity index (χ4n) is 3.19. The first-order chi connectivity index (χ1) is 11.2. The van der Waals surface area contributed by atoms with E-state index in [1.54, 1.807) is 18.3 Å². The van der Waals surface area contributed by atoms with Crippen LogP contribution in [-0.4, -0.2) is 33.6 Å². The molecule has 2 unspecified atom stereocenters. The summed E-state index contributed by atoms with van der Waals surface area (Å²) < 4.78 is 7.40. The van der Waals surface area contributed by atoms with E-state index in [9.17, 15) is 10.1 Å². The first-order valence-corrected chi connectivity index (χ1v) is 8.14. The zero-order valence-corrected chi connectivity index (χ0v) is 13.3. The third-order valence-electron chi connectivity index (χ3n) is 4.44. The smallest absolute Gasteiger partial charge is 0.372 e. The van der Waals surface area contributed by atoms with Gasteiger partial charge in [0.1, 0.15) is 0 Å². The van der Waals surface area contributed by atoms with Gasteiger partial charge in [-0.25, -0.2) is 0 Å². The van der Waals surface area contributed by atoms with Crippen LogP contribution in [0.3, 0.4) is 0 Å². The van der Waals surface area contributed by atoms with Crippen LogP contribution in [0.5, 0.6) is 0 Å². The zero-order valence-electron chi connectivity index (χ0n) is 13.3. The minimum Gasteiger partial charge on any atom is -0.376 e. The van der Waals surface area contributed by atoms with Crippen LogP contribution in [0.15, 0.2) is 24.4 Å². The molecule has 1 aliphatic carbocycles. The molecule has 0 aliphatic heterocycles. The quantitative estimate of drug-likeness (QED) is 0.502. The predicted molar refractivity (Wildman–Crippen MR) is 87.7 cm³/mol. The molecule has 1 N–H and O–H groups in total. The second-order valence-corrected chi connectivity index (χ2v) is 6.07. The summed E-state index contributed by atoms with van der Waals surface area (Å²) in [6.07, 6.45) is 6.78. The van der Waals surface area contributed by atoms with Gasteiger partial charge >= 0.3 is 5.82 Å². The van der Waals surface area contributed by atoms with Gasteiger partial charge in [0.05, 0.1) is 18.9 Å². The van der Waals surface area contributed by atoms with Gasteiger partial charge in [-0.3, -0.25) is 0 Å². The van der Waals surface area contributed by atoms with Crippen LogP contribution in [0.4, 0.5) is 11.6 Å². The lowest BCUT2D eigenvalue weighted by Crippen LogP contribution is -2.27. The number of aromatic nitrogens is 2. The van der Waals surface area contributed by atoms with Gasteiger partial charge in [0, 0.05) is 12.6 Å². The number of anilines is 1. The molecule has 0 bridgehead atoms. The van der Waals surface area contributed by atoms with Crippen molar-refractivity contribution < 1.29 is 9.66 Å². The molecule has 7 nitrogen and oxygen atoms in total. The van der Waals surface area contributed by atoms with Gasteiger partial charge in [-0.2, -0.15) is 9.38 Å². The molecule has 0 radical (unpaired) electrons. The summed E-state index contributed by atoms with van der Waals surface area (Å²) in [6.45, 7) is 3.26. The number of hydrogen-bond acceptors (Lipinski definition) is 5. The zero-order chi connectivity index (χ0) is 16.2. The number of ether oxygens (including phenoxy) is 1. The second kappa shape index (κ2) is 6.95. The van der Waals surface area contributed by atoms with Crippen LogP contribution >= 0.6 is 0 Å². The maximum atomic E-state index is 11.3. The molecule has 1 aliphatic rings. The van der Waals surface area contributed by atoms with Crippen LogP contribution in [0.2, 0.25) is 0 Å². The first-order valence-electron chi connectivity index (χ1n) is 8.14. The summed E-state index contributed by atoms with van der Waals surface area (Å²) in [5.41, 5.74) is 0.559. The highest BCUT2D eigenvalue weighted by atomic mass is 16.6. The summed E-state index contributed by atoms with van der Waals surface area (Å²) in [7, 11) is 0. The Morgan fingerprint density at radius 1 is 1.43 bits per heavy atom. The molecular weight excluding hydrogens is 296 g/mol. The molecule has 2 aromatic heterocycles. The molecule has 0 aromatic carbocycles. The van der Waals surface area contributed by atoms with E-state index in [0.29, 0.717) is 36.6 Å². The minimum atomic E-state index is -0.410. The Bertz CT molecular complexity index is 685. The molecule has 3 rings (SSSR count). The van der Waals surface area contributed by atoms with Crippen molar-refractivity contribution in [2.75, 3.05) is 18.5 Å². The van der Waals surface area contributed by atoms with Gasteiger partial charge in [0.15, 0.2) is 0 Å². The van der Waals surface area contributed by atoms with E-state index in [2.05, 4.69) is 17.2 Å². The highest BCUT2D eigenvalue weighted by Gasteiger charge is 2.23. The Kier molecular flexibility index (Phi) is 4.76. The lowest BCUT2D eigenvalue weighted by molar-refractivity contribution is -0.389. The largest absolute Gasteiger partial charge is 0.376 e. The molecular formula is C16H22N4O3. The van der Waals surface area contributed by atoms with E-state index in [-0.39, 0.29) is 5.82 Å². The molecule has 124 valence electrons. The van der Waals surface area contributed by atoms with Crippen molar-refractivity contribution in [3.05, 3.63) is 34.5 Å². The van der Waals surface area contributed by atoms with Crippen LogP contribution < -0.4 is 5.32 Å². The van der Waals surface area contributed by atoms with Crippen LogP contribution in [0, 0.1) is 16.0 Å². The summed E-state index contributed by atoms with van der Waals surface area (Å²) >= 11 is 0. The van der Waals surface area contributed by atoms with E-state index in [0.717, 1.165) is 6.42 Å². The van der Waals surface area contributed by atoms with Crippen molar-refractivity contribution in [2.24, 2.45) is 5.92 Å². The number of pyridine rings is 1. The summed E-state index contributed by atoms with van der Waals surface area (Å²) in [5.74, 6) is 0.849. The van der Waals surface area contributed by atoms with E-state index in [1.165, 1.54) is 23.7 Å². The number of rotatable bonds is 6. The molecule has 0 amide bonds. The third kappa shape index (κ3) is 3.44. The van der Waals surface area contributed by atoms with Crippen LogP contribution in [0.1, 0.15) is 32.6 Å². The van der Waals surface area contributed by atoms with E-state index in [4.69, 9.17) is 4.74 Å². The SMILES string of the molecule is CC1CCCCC1OCCNc1nc2ccccn2c1[N+](=O)[O-]. The first kappa shape index (κ1) is 15.7. The molecule has 2 aromatic rings. The molecule has 1 fully saturated rings. The second-order valence-electron chi connectivity index (χ2n) is 6.07. The molecule has 2 heterocycles. The van der Waals surface area contributed by atoms with Crippen LogP contribution in [0.25, 0.3) is 5.65 Å². The summed E-state index contributed by atoms with van der Waals surface area (Å²) in [6, 6.07) is 5.31. The average molecular weight is 318 g/mol. The van der Waals surface area contributed by atoms with Gasteiger partial charge in [0.25, 0.3) is 0 Å². The van der Waals surface area contributed by atoms with Gasteiger partial charge in [-0.15, -0.1) is 0 Å². The summed E-state index contributed by atoms with van der Waals surface area (Å²) in [5, 5.41) is 14.3. The van der Waals surface area contributed by atoms with Gasteiger partial charge in [-0.1, -0.05) is 25.8 Å². The highest BCUT2D eigenvalue weighted by Crippen LogP contribution is 2.27. The monoisotopic (exact) mass is 318 g/mol. The van der Waals surface area contributed by atoms with Crippen molar-refractivity contribution in [2.45, 2.75) is 38.7 Å².